The molecule has 0 atom stereocenters. The number of halogens is 2. The van der Waals surface area contributed by atoms with Gasteiger partial charge in [-0.25, -0.2) is 8.78 Å². The molecule has 0 fully saturated rings. The van der Waals surface area contributed by atoms with Gasteiger partial charge in [-0.15, -0.1) is 0 Å². The predicted molar refractivity (Wildman–Crippen MR) is 54.6 cm³/mol. The van der Waals surface area contributed by atoms with Gasteiger partial charge in [0.2, 0.25) is 0 Å². The van der Waals surface area contributed by atoms with Crippen molar-refractivity contribution in [3.8, 4) is 0 Å². The fraction of sp³-hybridized carbons (Fsp3) is 0.455. The highest BCUT2D eigenvalue weighted by atomic mass is 19.3. The second-order valence-electron chi connectivity index (χ2n) is 3.57. The molecule has 4 heteroatoms. The molecule has 0 aliphatic rings. The normalized spacial score (nSPS) is 11.8. The zero-order valence-electron chi connectivity index (χ0n) is 9.10. The van der Waals surface area contributed by atoms with Crippen LogP contribution in [0, 0.1) is 6.92 Å². The maximum absolute atomic E-state index is 13.2. The van der Waals surface area contributed by atoms with E-state index in [1.54, 1.807) is 12.1 Å². The lowest BCUT2D eigenvalue weighted by atomic mass is 10.0. The summed E-state index contributed by atoms with van der Waals surface area (Å²) in [4.78, 5) is 4.66. The molecular weight excluding hydrogens is 200 g/mol. The number of aryl methyl sites for hydroxylation is 1. The number of rotatable bonds is 4. The van der Waals surface area contributed by atoms with Crippen molar-refractivity contribution >= 4 is 0 Å². The first-order chi connectivity index (χ1) is 6.95. The molecule has 1 aromatic carbocycles. The summed E-state index contributed by atoms with van der Waals surface area (Å²) in [7, 11) is 1.46. The Morgan fingerprint density at radius 2 is 2.07 bits per heavy atom. The third-order valence-electron chi connectivity index (χ3n) is 2.14. The van der Waals surface area contributed by atoms with Crippen molar-refractivity contribution in [3.05, 3.63) is 34.9 Å². The van der Waals surface area contributed by atoms with Crippen LogP contribution < -0.4 is 5.48 Å². The van der Waals surface area contributed by atoms with E-state index in [1.807, 2.05) is 6.92 Å². The number of hydroxylamine groups is 1. The van der Waals surface area contributed by atoms with Crippen LogP contribution in [-0.4, -0.2) is 7.11 Å². The van der Waals surface area contributed by atoms with E-state index in [0.29, 0.717) is 5.56 Å². The molecule has 0 aromatic heterocycles. The lowest BCUT2D eigenvalue weighted by molar-refractivity contribution is 0.0151. The SMILES string of the molecule is CONCc1cc(C)ccc1C(C)(F)F. The van der Waals surface area contributed by atoms with E-state index in [0.717, 1.165) is 12.5 Å². The van der Waals surface area contributed by atoms with Crippen LogP contribution in [0.4, 0.5) is 8.78 Å². The van der Waals surface area contributed by atoms with Gasteiger partial charge in [0.15, 0.2) is 0 Å². The smallest absolute Gasteiger partial charge is 0.270 e. The number of nitrogens with one attached hydrogen (secondary N) is 1. The van der Waals surface area contributed by atoms with E-state index in [1.165, 1.54) is 13.2 Å². The molecule has 0 saturated heterocycles. The average molecular weight is 215 g/mol. The van der Waals surface area contributed by atoms with Gasteiger partial charge in [0.1, 0.15) is 0 Å². The molecule has 0 unspecified atom stereocenters. The Balaban J connectivity index is 3.03. The van der Waals surface area contributed by atoms with E-state index >= 15 is 0 Å². The Hall–Kier alpha value is -1.00. The molecule has 0 aliphatic carbocycles. The third kappa shape index (κ3) is 3.25. The highest BCUT2D eigenvalue weighted by Crippen LogP contribution is 2.30. The van der Waals surface area contributed by atoms with Gasteiger partial charge >= 0.3 is 0 Å². The fourth-order valence-corrected chi connectivity index (χ4v) is 1.45. The van der Waals surface area contributed by atoms with Crippen LogP contribution in [0.5, 0.6) is 0 Å². The molecule has 0 radical (unpaired) electrons. The van der Waals surface area contributed by atoms with E-state index < -0.39 is 5.92 Å². The zero-order chi connectivity index (χ0) is 11.5. The van der Waals surface area contributed by atoms with Crippen molar-refractivity contribution in [1.29, 1.82) is 0 Å². The summed E-state index contributed by atoms with van der Waals surface area (Å²) in [6.07, 6.45) is 0. The van der Waals surface area contributed by atoms with E-state index in [-0.39, 0.29) is 12.1 Å². The average Bonchev–Trinajstić information content (AvgIpc) is 2.12. The van der Waals surface area contributed by atoms with Gasteiger partial charge in [-0.1, -0.05) is 23.8 Å². The fourth-order valence-electron chi connectivity index (χ4n) is 1.45. The molecule has 2 nitrogen and oxygen atoms in total. The molecule has 0 bridgehead atoms. The van der Waals surface area contributed by atoms with Gasteiger partial charge in [-0.3, -0.25) is 0 Å². The third-order valence-corrected chi connectivity index (χ3v) is 2.14. The van der Waals surface area contributed by atoms with Crippen molar-refractivity contribution in [2.45, 2.75) is 26.3 Å². The van der Waals surface area contributed by atoms with Crippen LogP contribution in [0.15, 0.2) is 18.2 Å². The van der Waals surface area contributed by atoms with Crippen molar-refractivity contribution in [3.63, 3.8) is 0 Å². The highest BCUT2D eigenvalue weighted by molar-refractivity contribution is 5.34. The molecule has 0 heterocycles. The maximum Gasteiger partial charge on any atom is 0.270 e. The lowest BCUT2D eigenvalue weighted by Crippen LogP contribution is -2.17. The number of benzene rings is 1. The molecule has 0 saturated carbocycles. The zero-order valence-corrected chi connectivity index (χ0v) is 9.10. The van der Waals surface area contributed by atoms with E-state index in [2.05, 4.69) is 10.3 Å². The summed E-state index contributed by atoms with van der Waals surface area (Å²) in [6.45, 7) is 3.04. The summed E-state index contributed by atoms with van der Waals surface area (Å²) in [6, 6.07) is 4.88. The molecule has 1 aromatic rings. The summed E-state index contributed by atoms with van der Waals surface area (Å²) < 4.78 is 26.4. The van der Waals surface area contributed by atoms with Crippen molar-refractivity contribution in [2.75, 3.05) is 7.11 Å². The molecule has 0 amide bonds. The van der Waals surface area contributed by atoms with Crippen LogP contribution >= 0.6 is 0 Å². The van der Waals surface area contributed by atoms with Gasteiger partial charge in [0.05, 0.1) is 7.11 Å². The second kappa shape index (κ2) is 4.68. The quantitative estimate of drug-likeness (QED) is 0.780. The Bertz CT molecular complexity index is 334. The number of hydrogen-bond acceptors (Lipinski definition) is 2. The predicted octanol–water partition coefficient (Wildman–Crippen LogP) is 2.76. The summed E-state index contributed by atoms with van der Waals surface area (Å²) in [5.74, 6) is -2.82. The van der Waals surface area contributed by atoms with E-state index in [9.17, 15) is 8.78 Å². The van der Waals surface area contributed by atoms with Gasteiger partial charge in [-0.2, -0.15) is 5.48 Å². The van der Waals surface area contributed by atoms with Crippen molar-refractivity contribution in [2.24, 2.45) is 0 Å². The first-order valence-corrected chi connectivity index (χ1v) is 4.69. The van der Waals surface area contributed by atoms with Crippen molar-refractivity contribution in [1.82, 2.24) is 5.48 Å². The van der Waals surface area contributed by atoms with Crippen LogP contribution in [0.3, 0.4) is 0 Å². The molecule has 0 spiro atoms. The monoisotopic (exact) mass is 215 g/mol. The van der Waals surface area contributed by atoms with Gasteiger partial charge in [0, 0.05) is 19.0 Å². The second-order valence-corrected chi connectivity index (χ2v) is 3.57. The minimum atomic E-state index is -2.82. The summed E-state index contributed by atoms with van der Waals surface area (Å²) in [5.41, 5.74) is 4.12. The highest BCUT2D eigenvalue weighted by Gasteiger charge is 2.27. The van der Waals surface area contributed by atoms with Crippen LogP contribution in [-0.2, 0) is 17.3 Å². The molecule has 1 N–H and O–H groups in total. The molecule has 84 valence electrons. The van der Waals surface area contributed by atoms with E-state index in [4.69, 9.17) is 0 Å². The van der Waals surface area contributed by atoms with Crippen LogP contribution in [0.25, 0.3) is 0 Å². The summed E-state index contributed by atoms with van der Waals surface area (Å²) in [5, 5.41) is 0. The Kier molecular flexibility index (Phi) is 3.77. The minimum Gasteiger partial charge on any atom is -0.305 e. The summed E-state index contributed by atoms with van der Waals surface area (Å²) >= 11 is 0. The van der Waals surface area contributed by atoms with Gasteiger partial charge in [0.25, 0.3) is 5.92 Å². The minimum absolute atomic E-state index is 0.0395. The largest absolute Gasteiger partial charge is 0.305 e. The van der Waals surface area contributed by atoms with Crippen LogP contribution in [0.2, 0.25) is 0 Å². The molecule has 0 aliphatic heterocycles. The van der Waals surface area contributed by atoms with Gasteiger partial charge in [-0.05, 0) is 12.5 Å². The van der Waals surface area contributed by atoms with Crippen molar-refractivity contribution < 1.29 is 13.6 Å². The molecule has 1 rings (SSSR count). The lowest BCUT2D eigenvalue weighted by Gasteiger charge is -2.16. The molecular formula is C11H15F2NO. The van der Waals surface area contributed by atoms with Crippen LogP contribution in [0.1, 0.15) is 23.6 Å². The molecule has 15 heavy (non-hydrogen) atoms. The Morgan fingerprint density at radius 3 is 2.60 bits per heavy atom. The first-order valence-electron chi connectivity index (χ1n) is 4.69. The first kappa shape index (κ1) is 12.1. The topological polar surface area (TPSA) is 21.3 Å². The van der Waals surface area contributed by atoms with Gasteiger partial charge < -0.3 is 4.84 Å². The standard InChI is InChI=1S/C11H15F2NO/c1-8-4-5-10(11(2,12)13)9(6-8)7-14-15-3/h4-6,14H,7H2,1-3H3. The maximum atomic E-state index is 13.2. The Morgan fingerprint density at radius 1 is 1.40 bits per heavy atom. The number of alkyl halides is 2. The number of hydrogen-bond donors (Lipinski definition) is 1. The Labute approximate surface area is 88.2 Å².